The van der Waals surface area contributed by atoms with Crippen molar-refractivity contribution in [2.75, 3.05) is 26.7 Å². The number of hydrogen-bond acceptors (Lipinski definition) is 2. The predicted octanol–water partition coefficient (Wildman–Crippen LogP) is 0.703. The molecule has 0 radical (unpaired) electrons. The lowest BCUT2D eigenvalue weighted by atomic mass is 10.00. The molecule has 2 aliphatic heterocycles. The van der Waals surface area contributed by atoms with Gasteiger partial charge in [-0.1, -0.05) is 6.42 Å². The summed E-state index contributed by atoms with van der Waals surface area (Å²) < 4.78 is 0. The second-order valence-corrected chi connectivity index (χ2v) is 4.22. The van der Waals surface area contributed by atoms with E-state index in [2.05, 4.69) is 4.90 Å². The summed E-state index contributed by atoms with van der Waals surface area (Å²) in [5.41, 5.74) is 0. The Hall–Kier alpha value is -0.570. The molecule has 0 spiro atoms. The molecule has 0 unspecified atom stereocenters. The number of amides is 1. The van der Waals surface area contributed by atoms with Crippen LogP contribution >= 0.6 is 0 Å². The molecule has 13 heavy (non-hydrogen) atoms. The Balaban J connectivity index is 2.04. The van der Waals surface area contributed by atoms with Crippen LogP contribution in [0.15, 0.2) is 0 Å². The fraction of sp³-hybridized carbons (Fsp3) is 0.900. The van der Waals surface area contributed by atoms with Crippen molar-refractivity contribution in [2.24, 2.45) is 0 Å². The third kappa shape index (κ3) is 1.85. The zero-order chi connectivity index (χ0) is 9.26. The molecule has 2 heterocycles. The van der Waals surface area contributed by atoms with Gasteiger partial charge in [0.05, 0.1) is 6.54 Å². The number of nitrogens with zero attached hydrogens (tertiary/aromatic N) is 2. The average molecular weight is 182 g/mol. The number of piperidine rings is 1. The molecule has 2 saturated heterocycles. The van der Waals surface area contributed by atoms with Crippen molar-refractivity contribution in [3.05, 3.63) is 0 Å². The molecule has 0 aromatic rings. The molecule has 0 saturated carbocycles. The van der Waals surface area contributed by atoms with Crippen molar-refractivity contribution >= 4 is 5.91 Å². The molecule has 2 aliphatic rings. The zero-order valence-electron chi connectivity index (χ0n) is 8.33. The van der Waals surface area contributed by atoms with Gasteiger partial charge in [-0.2, -0.15) is 0 Å². The SMILES string of the molecule is CN1CC[C@@H]2CCCCN2CC1=O. The Morgan fingerprint density at radius 1 is 1.23 bits per heavy atom. The fourth-order valence-electron chi connectivity index (χ4n) is 2.36. The van der Waals surface area contributed by atoms with Crippen molar-refractivity contribution in [1.82, 2.24) is 9.80 Å². The van der Waals surface area contributed by atoms with Gasteiger partial charge in [-0.3, -0.25) is 9.69 Å². The topological polar surface area (TPSA) is 23.6 Å². The highest BCUT2D eigenvalue weighted by Crippen LogP contribution is 2.21. The number of fused-ring (bicyclic) bond motifs is 1. The smallest absolute Gasteiger partial charge is 0.236 e. The van der Waals surface area contributed by atoms with E-state index in [1.54, 1.807) is 0 Å². The van der Waals surface area contributed by atoms with E-state index in [1.165, 1.54) is 25.7 Å². The lowest BCUT2D eigenvalue weighted by Gasteiger charge is -2.32. The Kier molecular flexibility index (Phi) is 2.54. The van der Waals surface area contributed by atoms with Gasteiger partial charge in [-0.15, -0.1) is 0 Å². The van der Waals surface area contributed by atoms with Crippen LogP contribution in [0, 0.1) is 0 Å². The summed E-state index contributed by atoms with van der Waals surface area (Å²) in [5.74, 6) is 0.296. The van der Waals surface area contributed by atoms with Crippen LogP contribution in [0.1, 0.15) is 25.7 Å². The van der Waals surface area contributed by atoms with Gasteiger partial charge >= 0.3 is 0 Å². The van der Waals surface area contributed by atoms with Crippen LogP contribution < -0.4 is 0 Å². The van der Waals surface area contributed by atoms with Crippen LogP contribution in [0.4, 0.5) is 0 Å². The first kappa shape index (κ1) is 9.00. The number of rotatable bonds is 0. The van der Waals surface area contributed by atoms with E-state index < -0.39 is 0 Å². The van der Waals surface area contributed by atoms with Crippen molar-refractivity contribution in [3.8, 4) is 0 Å². The summed E-state index contributed by atoms with van der Waals surface area (Å²) >= 11 is 0. The van der Waals surface area contributed by atoms with Crippen LogP contribution in [-0.2, 0) is 4.79 Å². The maximum atomic E-state index is 11.6. The van der Waals surface area contributed by atoms with Gasteiger partial charge in [-0.05, 0) is 25.8 Å². The highest BCUT2D eigenvalue weighted by Gasteiger charge is 2.28. The number of hydrogen-bond donors (Lipinski definition) is 0. The third-order valence-corrected chi connectivity index (χ3v) is 3.31. The standard InChI is InChI=1S/C10H18N2O/c1-11-7-5-9-4-2-3-6-12(9)8-10(11)13/h9H,2-8H2,1H3/t9-/m0/s1. The van der Waals surface area contributed by atoms with E-state index in [4.69, 9.17) is 0 Å². The molecular weight excluding hydrogens is 164 g/mol. The summed E-state index contributed by atoms with van der Waals surface area (Å²) in [6, 6.07) is 0.683. The number of carbonyl (C=O) groups excluding carboxylic acids is 1. The molecule has 0 N–H and O–H groups in total. The van der Waals surface area contributed by atoms with Gasteiger partial charge in [-0.25, -0.2) is 0 Å². The zero-order valence-corrected chi connectivity index (χ0v) is 8.33. The summed E-state index contributed by atoms with van der Waals surface area (Å²) in [5, 5.41) is 0. The molecule has 1 amide bonds. The van der Waals surface area contributed by atoms with Gasteiger partial charge in [0, 0.05) is 19.6 Å². The lowest BCUT2D eigenvalue weighted by molar-refractivity contribution is -0.130. The molecule has 3 nitrogen and oxygen atoms in total. The summed E-state index contributed by atoms with van der Waals surface area (Å²) in [6.45, 7) is 2.73. The minimum Gasteiger partial charge on any atom is -0.345 e. The number of likely N-dealkylation sites (N-methyl/N-ethyl adjacent to an activating group) is 1. The third-order valence-electron chi connectivity index (χ3n) is 3.31. The van der Waals surface area contributed by atoms with Crippen molar-refractivity contribution in [1.29, 1.82) is 0 Å². The Morgan fingerprint density at radius 2 is 2.08 bits per heavy atom. The molecule has 2 rings (SSSR count). The van der Waals surface area contributed by atoms with Crippen LogP contribution in [0.25, 0.3) is 0 Å². The summed E-state index contributed by atoms with van der Waals surface area (Å²) in [6.07, 6.45) is 5.08. The largest absolute Gasteiger partial charge is 0.345 e. The molecule has 3 heteroatoms. The summed E-state index contributed by atoms with van der Waals surface area (Å²) in [7, 11) is 1.92. The molecule has 0 aromatic heterocycles. The summed E-state index contributed by atoms with van der Waals surface area (Å²) in [4.78, 5) is 15.8. The van der Waals surface area contributed by atoms with Crippen molar-refractivity contribution in [3.63, 3.8) is 0 Å². The van der Waals surface area contributed by atoms with Gasteiger partial charge in [0.1, 0.15) is 0 Å². The van der Waals surface area contributed by atoms with E-state index >= 15 is 0 Å². The van der Waals surface area contributed by atoms with Crippen LogP contribution in [0.2, 0.25) is 0 Å². The lowest BCUT2D eigenvalue weighted by Crippen LogP contribution is -2.41. The maximum Gasteiger partial charge on any atom is 0.236 e. The van der Waals surface area contributed by atoms with Crippen LogP contribution in [-0.4, -0.2) is 48.4 Å². The van der Waals surface area contributed by atoms with Gasteiger partial charge in [0.15, 0.2) is 0 Å². The van der Waals surface area contributed by atoms with Gasteiger partial charge in [0.25, 0.3) is 0 Å². The van der Waals surface area contributed by atoms with E-state index in [1.807, 2.05) is 11.9 Å². The van der Waals surface area contributed by atoms with Crippen LogP contribution in [0.5, 0.6) is 0 Å². The van der Waals surface area contributed by atoms with E-state index in [0.29, 0.717) is 18.5 Å². The minimum atomic E-state index is 0.296. The molecular formula is C10H18N2O. The highest BCUT2D eigenvalue weighted by molar-refractivity contribution is 5.78. The molecule has 0 bridgehead atoms. The molecule has 1 atom stereocenters. The monoisotopic (exact) mass is 182 g/mol. The van der Waals surface area contributed by atoms with E-state index in [0.717, 1.165) is 13.1 Å². The highest BCUT2D eigenvalue weighted by atomic mass is 16.2. The Morgan fingerprint density at radius 3 is 2.92 bits per heavy atom. The van der Waals surface area contributed by atoms with E-state index in [9.17, 15) is 4.79 Å². The van der Waals surface area contributed by atoms with Gasteiger partial charge in [0.2, 0.25) is 5.91 Å². The first-order valence-corrected chi connectivity index (χ1v) is 5.25. The number of carbonyl (C=O) groups is 1. The quantitative estimate of drug-likeness (QED) is 0.550. The Labute approximate surface area is 79.7 Å². The second-order valence-electron chi connectivity index (χ2n) is 4.22. The molecule has 74 valence electrons. The van der Waals surface area contributed by atoms with E-state index in [-0.39, 0.29) is 0 Å². The van der Waals surface area contributed by atoms with Gasteiger partial charge < -0.3 is 4.90 Å². The maximum absolute atomic E-state index is 11.6. The van der Waals surface area contributed by atoms with Crippen molar-refractivity contribution < 1.29 is 4.79 Å². The minimum absolute atomic E-state index is 0.296. The normalized spacial score (nSPS) is 31.3. The molecule has 0 aromatic carbocycles. The first-order valence-electron chi connectivity index (χ1n) is 5.25. The second kappa shape index (κ2) is 3.66. The first-order chi connectivity index (χ1) is 6.27. The van der Waals surface area contributed by atoms with Crippen LogP contribution in [0.3, 0.4) is 0 Å². The average Bonchev–Trinajstić information content (AvgIpc) is 2.28. The fourth-order valence-corrected chi connectivity index (χ4v) is 2.36. The van der Waals surface area contributed by atoms with Crippen molar-refractivity contribution in [2.45, 2.75) is 31.7 Å². The Bertz CT molecular complexity index is 205. The molecule has 2 fully saturated rings. The predicted molar refractivity (Wildman–Crippen MR) is 51.5 cm³/mol. The molecule has 0 aliphatic carbocycles.